The molecule has 1 unspecified atom stereocenters. The number of halogens is 1. The van der Waals surface area contributed by atoms with Crippen LogP contribution in [-0.4, -0.2) is 33.8 Å². The van der Waals surface area contributed by atoms with Crippen LogP contribution in [0.15, 0.2) is 42.7 Å². The number of aromatic nitrogens is 3. The van der Waals surface area contributed by atoms with E-state index in [-0.39, 0.29) is 12.4 Å². The smallest absolute Gasteiger partial charge is 0.163 e. The fraction of sp³-hybridized carbons (Fsp3) is 0.368. The van der Waals surface area contributed by atoms with Crippen molar-refractivity contribution in [3.63, 3.8) is 0 Å². The van der Waals surface area contributed by atoms with Crippen LogP contribution >= 0.6 is 12.4 Å². The minimum Gasteiger partial charge on any atom is -0.492 e. The van der Waals surface area contributed by atoms with Crippen LogP contribution in [0.1, 0.15) is 25.0 Å². The van der Waals surface area contributed by atoms with E-state index in [1.807, 2.05) is 35.8 Å². The van der Waals surface area contributed by atoms with E-state index >= 15 is 0 Å². The van der Waals surface area contributed by atoms with Gasteiger partial charge in [-0.2, -0.15) is 5.10 Å². The number of aryl methyl sites for hydroxylation is 1. The van der Waals surface area contributed by atoms with Crippen LogP contribution in [0.4, 0.5) is 0 Å². The molecule has 0 aliphatic carbocycles. The normalized spacial score (nSPS) is 17.2. The van der Waals surface area contributed by atoms with E-state index in [1.165, 1.54) is 19.3 Å². The molecule has 1 aliphatic heterocycles. The Labute approximate surface area is 153 Å². The largest absolute Gasteiger partial charge is 0.492 e. The first-order valence-electron chi connectivity index (χ1n) is 8.58. The molecule has 1 fully saturated rings. The van der Waals surface area contributed by atoms with Crippen LogP contribution in [0, 0.1) is 6.92 Å². The summed E-state index contributed by atoms with van der Waals surface area (Å²) in [4.78, 5) is 4.46. The Morgan fingerprint density at radius 3 is 2.84 bits per heavy atom. The van der Waals surface area contributed by atoms with Gasteiger partial charge in [-0.05, 0) is 50.1 Å². The Morgan fingerprint density at radius 2 is 2.08 bits per heavy atom. The van der Waals surface area contributed by atoms with Crippen LogP contribution in [0.5, 0.6) is 5.75 Å². The maximum Gasteiger partial charge on any atom is 0.163 e. The van der Waals surface area contributed by atoms with Gasteiger partial charge in [0, 0.05) is 24.0 Å². The zero-order chi connectivity index (χ0) is 16.4. The van der Waals surface area contributed by atoms with Crippen LogP contribution in [0.2, 0.25) is 0 Å². The maximum atomic E-state index is 5.94. The molecule has 0 radical (unpaired) electrons. The average Bonchev–Trinajstić information content (AvgIpc) is 2.97. The summed E-state index contributed by atoms with van der Waals surface area (Å²) in [6.07, 6.45) is 7.49. The summed E-state index contributed by atoms with van der Waals surface area (Å²) in [5.74, 6) is 0.910. The van der Waals surface area contributed by atoms with Gasteiger partial charge in [-0.3, -0.25) is 0 Å². The molecule has 2 aromatic heterocycles. The Balaban J connectivity index is 0.00000182. The van der Waals surface area contributed by atoms with Crippen molar-refractivity contribution < 1.29 is 4.74 Å². The molecule has 6 heteroatoms. The van der Waals surface area contributed by atoms with E-state index in [1.54, 1.807) is 6.20 Å². The number of rotatable bonds is 4. The Bertz CT molecular complexity index is 825. The number of ether oxygens (including phenoxy) is 1. The van der Waals surface area contributed by atoms with Crippen LogP contribution in [0.25, 0.3) is 16.8 Å². The molecular formula is C19H23ClN4O. The lowest BCUT2D eigenvalue weighted by atomic mass is 10.1. The van der Waals surface area contributed by atoms with Crippen molar-refractivity contribution in [2.75, 3.05) is 13.2 Å². The highest BCUT2D eigenvalue weighted by Crippen LogP contribution is 2.28. The highest BCUT2D eigenvalue weighted by atomic mass is 35.5. The standard InChI is InChI=1S/C19H22N4O.ClH/c1-14-18(19-21-11-4-12-23(19)22-14)15-6-8-17(9-7-15)24-13-16-5-2-3-10-20-16;/h4,6-9,11-12,16,20H,2-3,5,10,13H2,1H3;1H. The Morgan fingerprint density at radius 1 is 1.24 bits per heavy atom. The average molecular weight is 359 g/mol. The third-order valence-electron chi connectivity index (χ3n) is 4.58. The minimum atomic E-state index is 0. The highest BCUT2D eigenvalue weighted by molar-refractivity contribution is 5.85. The van der Waals surface area contributed by atoms with E-state index in [0.717, 1.165) is 41.4 Å². The first-order valence-corrected chi connectivity index (χ1v) is 8.58. The molecule has 1 saturated heterocycles. The monoisotopic (exact) mass is 358 g/mol. The molecule has 4 rings (SSSR count). The van der Waals surface area contributed by atoms with Gasteiger partial charge in [0.1, 0.15) is 12.4 Å². The number of hydrogen-bond donors (Lipinski definition) is 1. The molecule has 132 valence electrons. The van der Waals surface area contributed by atoms with E-state index < -0.39 is 0 Å². The third kappa shape index (κ3) is 3.78. The van der Waals surface area contributed by atoms with Crippen molar-refractivity contribution >= 4 is 18.1 Å². The van der Waals surface area contributed by atoms with Crippen LogP contribution in [-0.2, 0) is 0 Å². The maximum absolute atomic E-state index is 5.94. The zero-order valence-electron chi connectivity index (χ0n) is 14.3. The Hall–Kier alpha value is -2.11. The van der Waals surface area contributed by atoms with Crippen molar-refractivity contribution in [2.45, 2.75) is 32.2 Å². The second-order valence-corrected chi connectivity index (χ2v) is 6.33. The highest BCUT2D eigenvalue weighted by Gasteiger charge is 2.14. The molecule has 0 spiro atoms. The molecule has 1 atom stereocenters. The summed E-state index contributed by atoms with van der Waals surface area (Å²) < 4.78 is 7.76. The molecule has 3 aromatic rings. The summed E-state index contributed by atoms with van der Waals surface area (Å²) in [7, 11) is 0. The van der Waals surface area contributed by atoms with Gasteiger partial charge < -0.3 is 10.1 Å². The summed E-state index contributed by atoms with van der Waals surface area (Å²) in [5, 5.41) is 8.03. The molecule has 0 amide bonds. The molecule has 25 heavy (non-hydrogen) atoms. The van der Waals surface area contributed by atoms with Gasteiger partial charge >= 0.3 is 0 Å². The minimum absolute atomic E-state index is 0. The molecule has 1 aliphatic rings. The van der Waals surface area contributed by atoms with E-state index in [9.17, 15) is 0 Å². The number of fused-ring (bicyclic) bond motifs is 1. The molecule has 0 bridgehead atoms. The fourth-order valence-electron chi connectivity index (χ4n) is 3.32. The Kier molecular flexibility index (Phi) is 5.56. The molecule has 5 nitrogen and oxygen atoms in total. The zero-order valence-corrected chi connectivity index (χ0v) is 15.1. The van der Waals surface area contributed by atoms with E-state index in [4.69, 9.17) is 4.74 Å². The van der Waals surface area contributed by atoms with Crippen molar-refractivity contribution in [3.8, 4) is 16.9 Å². The van der Waals surface area contributed by atoms with Gasteiger partial charge in [0.05, 0.1) is 5.69 Å². The molecule has 0 saturated carbocycles. The van der Waals surface area contributed by atoms with Crippen molar-refractivity contribution in [1.29, 1.82) is 0 Å². The second-order valence-electron chi connectivity index (χ2n) is 6.33. The SMILES string of the molecule is Cc1nn2cccnc2c1-c1ccc(OCC2CCCCN2)cc1.Cl. The summed E-state index contributed by atoms with van der Waals surface area (Å²) in [6.45, 7) is 3.85. The molecule has 1 N–H and O–H groups in total. The molecule has 3 heterocycles. The lowest BCUT2D eigenvalue weighted by molar-refractivity contribution is 0.239. The van der Waals surface area contributed by atoms with Crippen LogP contribution in [0.3, 0.4) is 0 Å². The number of nitrogens with zero attached hydrogens (tertiary/aromatic N) is 3. The summed E-state index contributed by atoms with van der Waals surface area (Å²) >= 11 is 0. The van der Waals surface area contributed by atoms with Crippen LogP contribution < -0.4 is 10.1 Å². The first-order chi connectivity index (χ1) is 11.8. The van der Waals surface area contributed by atoms with Crippen molar-refractivity contribution in [1.82, 2.24) is 19.9 Å². The molecular weight excluding hydrogens is 336 g/mol. The molecule has 1 aromatic carbocycles. The van der Waals surface area contributed by atoms with E-state index in [2.05, 4.69) is 27.5 Å². The van der Waals surface area contributed by atoms with Gasteiger partial charge in [0.15, 0.2) is 5.65 Å². The predicted octanol–water partition coefficient (Wildman–Crippen LogP) is 3.65. The second kappa shape index (κ2) is 7.85. The topological polar surface area (TPSA) is 51.5 Å². The van der Waals surface area contributed by atoms with Gasteiger partial charge in [0.25, 0.3) is 0 Å². The number of piperidine rings is 1. The first kappa shape index (κ1) is 17.7. The summed E-state index contributed by atoms with van der Waals surface area (Å²) in [6, 6.07) is 10.6. The lowest BCUT2D eigenvalue weighted by Gasteiger charge is -2.23. The lowest BCUT2D eigenvalue weighted by Crippen LogP contribution is -2.38. The van der Waals surface area contributed by atoms with Gasteiger partial charge in [-0.1, -0.05) is 18.6 Å². The third-order valence-corrected chi connectivity index (χ3v) is 4.58. The van der Waals surface area contributed by atoms with Crippen molar-refractivity contribution in [2.24, 2.45) is 0 Å². The fourth-order valence-corrected chi connectivity index (χ4v) is 3.32. The van der Waals surface area contributed by atoms with Gasteiger partial charge in [-0.25, -0.2) is 9.50 Å². The van der Waals surface area contributed by atoms with Gasteiger partial charge in [-0.15, -0.1) is 12.4 Å². The van der Waals surface area contributed by atoms with Crippen molar-refractivity contribution in [3.05, 3.63) is 48.4 Å². The quantitative estimate of drug-likeness (QED) is 0.773. The summed E-state index contributed by atoms with van der Waals surface area (Å²) in [5.41, 5.74) is 4.06. The number of benzene rings is 1. The van der Waals surface area contributed by atoms with Gasteiger partial charge in [0.2, 0.25) is 0 Å². The number of nitrogens with one attached hydrogen (secondary N) is 1. The van der Waals surface area contributed by atoms with E-state index in [0.29, 0.717) is 6.04 Å². The predicted molar refractivity (Wildman–Crippen MR) is 102 cm³/mol. The number of hydrogen-bond acceptors (Lipinski definition) is 4.